The van der Waals surface area contributed by atoms with Crippen molar-refractivity contribution in [3.63, 3.8) is 0 Å². The molecular weight excluding hydrogens is 378 g/mol. The number of para-hydroxylation sites is 1. The summed E-state index contributed by atoms with van der Waals surface area (Å²) >= 11 is 2.03. The van der Waals surface area contributed by atoms with Crippen molar-refractivity contribution >= 4 is 34.4 Å². The number of nitrogens with zero attached hydrogens (tertiary/aromatic N) is 3. The highest BCUT2D eigenvalue weighted by molar-refractivity contribution is 8.03. The third-order valence-electron chi connectivity index (χ3n) is 5.95. The van der Waals surface area contributed by atoms with Gasteiger partial charge in [-0.05, 0) is 61.6 Å². The molecule has 0 bridgehead atoms. The Bertz CT molecular complexity index is 857. The second-order valence-electron chi connectivity index (χ2n) is 8.61. The van der Waals surface area contributed by atoms with Gasteiger partial charge < -0.3 is 15.5 Å². The molecule has 5 nitrogen and oxygen atoms in total. The van der Waals surface area contributed by atoms with Crippen molar-refractivity contribution in [1.29, 1.82) is 0 Å². The van der Waals surface area contributed by atoms with E-state index in [1.807, 2.05) is 38.0 Å². The average molecular weight is 412 g/mol. The zero-order valence-electron chi connectivity index (χ0n) is 17.8. The molecule has 6 heteroatoms. The summed E-state index contributed by atoms with van der Waals surface area (Å²) in [5, 5.41) is 9.16. The lowest BCUT2D eigenvalue weighted by molar-refractivity contribution is 0.327. The predicted octanol–water partition coefficient (Wildman–Crippen LogP) is 4.67. The van der Waals surface area contributed by atoms with Crippen molar-refractivity contribution in [2.45, 2.75) is 50.3 Å². The van der Waals surface area contributed by atoms with Crippen LogP contribution in [0.4, 0.5) is 11.8 Å². The zero-order chi connectivity index (χ0) is 20.2. The van der Waals surface area contributed by atoms with E-state index in [2.05, 4.69) is 40.7 Å². The maximum absolute atomic E-state index is 4.80. The summed E-state index contributed by atoms with van der Waals surface area (Å²) < 4.78 is 0. The van der Waals surface area contributed by atoms with E-state index in [0.717, 1.165) is 46.9 Å². The van der Waals surface area contributed by atoms with E-state index in [-0.39, 0.29) is 0 Å². The Morgan fingerprint density at radius 3 is 2.62 bits per heavy atom. The van der Waals surface area contributed by atoms with Crippen LogP contribution >= 0.6 is 11.8 Å². The second-order valence-corrected chi connectivity index (χ2v) is 10.2. The molecule has 1 aliphatic carbocycles. The fourth-order valence-corrected chi connectivity index (χ4v) is 5.41. The van der Waals surface area contributed by atoms with E-state index >= 15 is 0 Å². The first-order chi connectivity index (χ1) is 14.1. The molecule has 0 radical (unpaired) electrons. The third kappa shape index (κ3) is 5.23. The lowest BCUT2D eigenvalue weighted by Crippen LogP contribution is -2.32. The van der Waals surface area contributed by atoms with Crippen LogP contribution in [0.3, 0.4) is 0 Å². The molecule has 0 saturated heterocycles. The van der Waals surface area contributed by atoms with Gasteiger partial charge in [-0.3, -0.25) is 0 Å². The summed E-state index contributed by atoms with van der Waals surface area (Å²) in [6.45, 7) is 4.49. The van der Waals surface area contributed by atoms with Crippen LogP contribution in [0.1, 0.15) is 39.0 Å². The van der Waals surface area contributed by atoms with E-state index < -0.39 is 0 Å². The monoisotopic (exact) mass is 411 g/mol. The van der Waals surface area contributed by atoms with Gasteiger partial charge in [-0.25, -0.2) is 4.98 Å². The van der Waals surface area contributed by atoms with Crippen molar-refractivity contribution in [2.24, 2.45) is 5.92 Å². The quantitative estimate of drug-likeness (QED) is 0.691. The van der Waals surface area contributed by atoms with Gasteiger partial charge in [0.25, 0.3) is 0 Å². The van der Waals surface area contributed by atoms with Gasteiger partial charge in [0.2, 0.25) is 5.95 Å². The average Bonchev–Trinajstić information content (AvgIpc) is 3.13. The van der Waals surface area contributed by atoms with Gasteiger partial charge in [0.05, 0.1) is 5.52 Å². The molecule has 2 aromatic rings. The number of anilines is 2. The molecule has 1 saturated carbocycles. The van der Waals surface area contributed by atoms with Gasteiger partial charge in [-0.15, -0.1) is 11.8 Å². The number of thioether (sulfide) groups is 1. The van der Waals surface area contributed by atoms with Crippen LogP contribution in [0.15, 0.2) is 35.2 Å². The molecule has 0 amide bonds. The van der Waals surface area contributed by atoms with E-state index in [4.69, 9.17) is 9.97 Å². The second kappa shape index (κ2) is 9.35. The Hall–Kier alpha value is -1.79. The largest absolute Gasteiger partial charge is 0.362 e. The minimum Gasteiger partial charge on any atom is -0.362 e. The first-order valence-electron chi connectivity index (χ1n) is 10.9. The molecular formula is C23H33N5S. The van der Waals surface area contributed by atoms with Crippen LogP contribution < -0.4 is 15.5 Å². The maximum atomic E-state index is 4.80. The highest BCUT2D eigenvalue weighted by Gasteiger charge is 2.22. The van der Waals surface area contributed by atoms with E-state index in [0.29, 0.717) is 6.04 Å². The normalized spacial score (nSPS) is 24.5. The number of allylic oxidation sites excluding steroid dienone is 1. The van der Waals surface area contributed by atoms with E-state index in [1.54, 1.807) is 0 Å². The molecule has 1 aromatic carbocycles. The van der Waals surface area contributed by atoms with Crippen LogP contribution in [0.2, 0.25) is 0 Å². The number of aromatic nitrogens is 2. The minimum absolute atomic E-state index is 0.469. The number of nitrogens with one attached hydrogen (secondary N) is 2. The molecule has 4 rings (SSSR count). The van der Waals surface area contributed by atoms with Crippen molar-refractivity contribution in [3.05, 3.63) is 35.2 Å². The highest BCUT2D eigenvalue weighted by atomic mass is 32.2. The lowest BCUT2D eigenvalue weighted by atomic mass is 9.86. The van der Waals surface area contributed by atoms with Gasteiger partial charge in [0, 0.05) is 37.3 Å². The molecule has 29 heavy (non-hydrogen) atoms. The fraction of sp³-hybridized carbons (Fsp3) is 0.565. The Morgan fingerprint density at radius 2 is 1.90 bits per heavy atom. The number of rotatable bonds is 7. The van der Waals surface area contributed by atoms with Gasteiger partial charge in [-0.2, -0.15) is 4.98 Å². The van der Waals surface area contributed by atoms with Crippen molar-refractivity contribution in [3.8, 4) is 0 Å². The van der Waals surface area contributed by atoms with E-state index in [9.17, 15) is 0 Å². The Kier molecular flexibility index (Phi) is 6.60. The lowest BCUT2D eigenvalue weighted by Gasteiger charge is -2.29. The summed E-state index contributed by atoms with van der Waals surface area (Å²) in [6.07, 6.45) is 8.53. The van der Waals surface area contributed by atoms with Crippen molar-refractivity contribution in [2.75, 3.05) is 37.4 Å². The van der Waals surface area contributed by atoms with Crippen LogP contribution in [0.5, 0.6) is 0 Å². The van der Waals surface area contributed by atoms with Crippen LogP contribution in [0.25, 0.3) is 10.9 Å². The molecule has 2 aliphatic rings. The van der Waals surface area contributed by atoms with Crippen LogP contribution in [-0.2, 0) is 0 Å². The third-order valence-corrected chi connectivity index (χ3v) is 7.16. The highest BCUT2D eigenvalue weighted by Crippen LogP contribution is 2.31. The Labute approximate surface area is 178 Å². The summed E-state index contributed by atoms with van der Waals surface area (Å²) in [4.78, 5) is 13.1. The predicted molar refractivity (Wildman–Crippen MR) is 126 cm³/mol. The van der Waals surface area contributed by atoms with Crippen molar-refractivity contribution < 1.29 is 0 Å². The van der Waals surface area contributed by atoms with Gasteiger partial charge >= 0.3 is 0 Å². The fourth-order valence-electron chi connectivity index (χ4n) is 4.32. The summed E-state index contributed by atoms with van der Waals surface area (Å²) in [6, 6.07) is 8.71. The first kappa shape index (κ1) is 20.5. The Balaban J connectivity index is 1.28. The standard InChI is InChI=1S/C23H33N5S/c1-16-8-13-19(29-16)15-24-14-17-9-11-18(12-10-17)25-23-26-21-7-5-4-6-20(21)22(27-23)28(2)3/h4-7,13,16-18,24H,8-12,14-15H2,1-3H3,(H,25,26,27). The summed E-state index contributed by atoms with van der Waals surface area (Å²) in [5.74, 6) is 2.52. The van der Waals surface area contributed by atoms with Gasteiger partial charge in [0.1, 0.15) is 5.82 Å². The first-order valence-corrected chi connectivity index (χ1v) is 11.7. The molecule has 1 aliphatic heterocycles. The van der Waals surface area contributed by atoms with Crippen molar-refractivity contribution in [1.82, 2.24) is 15.3 Å². The molecule has 1 fully saturated rings. The molecule has 156 valence electrons. The number of hydrogen-bond acceptors (Lipinski definition) is 6. The molecule has 1 atom stereocenters. The topological polar surface area (TPSA) is 53.1 Å². The SMILES string of the molecule is CC1CC=C(CNCC2CCC(Nc3nc(N(C)C)c4ccccc4n3)CC2)S1. The van der Waals surface area contributed by atoms with E-state index in [1.165, 1.54) is 37.0 Å². The Morgan fingerprint density at radius 1 is 1.10 bits per heavy atom. The smallest absolute Gasteiger partial charge is 0.225 e. The van der Waals surface area contributed by atoms with Gasteiger partial charge in [-0.1, -0.05) is 25.1 Å². The van der Waals surface area contributed by atoms with Crippen LogP contribution in [0, 0.1) is 5.92 Å². The zero-order valence-corrected chi connectivity index (χ0v) is 18.6. The molecule has 2 heterocycles. The maximum Gasteiger partial charge on any atom is 0.225 e. The summed E-state index contributed by atoms with van der Waals surface area (Å²) in [7, 11) is 4.08. The molecule has 0 spiro atoms. The number of fused-ring (bicyclic) bond motifs is 1. The molecule has 1 aromatic heterocycles. The van der Waals surface area contributed by atoms with Crippen LogP contribution in [-0.4, -0.2) is 48.4 Å². The molecule has 1 unspecified atom stereocenters. The number of benzene rings is 1. The van der Waals surface area contributed by atoms with Gasteiger partial charge in [0.15, 0.2) is 0 Å². The summed E-state index contributed by atoms with van der Waals surface area (Å²) in [5.41, 5.74) is 1.000. The number of hydrogen-bond donors (Lipinski definition) is 2. The minimum atomic E-state index is 0.469. The molecule has 2 N–H and O–H groups in total.